The zero-order valence-corrected chi connectivity index (χ0v) is 20.0. The highest BCUT2D eigenvalue weighted by Gasteiger charge is 2.43. The van der Waals surface area contributed by atoms with Gasteiger partial charge in [-0.25, -0.2) is 0 Å². The summed E-state index contributed by atoms with van der Waals surface area (Å²) in [5.41, 5.74) is -0.135. The number of piperidine rings is 1. The molecule has 2 aromatic rings. The molecule has 2 amide bonds. The van der Waals surface area contributed by atoms with Gasteiger partial charge in [0.25, 0.3) is 0 Å². The van der Waals surface area contributed by atoms with Crippen molar-refractivity contribution in [1.29, 1.82) is 5.26 Å². The molecule has 10 heteroatoms. The van der Waals surface area contributed by atoms with Crippen LogP contribution >= 0.6 is 0 Å². The predicted octanol–water partition coefficient (Wildman–Crippen LogP) is 3.25. The Labute approximate surface area is 207 Å². The number of nitrogens with one attached hydrogen (secondary N) is 1. The van der Waals surface area contributed by atoms with Crippen LogP contribution in [-0.2, 0) is 22.2 Å². The van der Waals surface area contributed by atoms with Gasteiger partial charge in [0.1, 0.15) is 0 Å². The molecule has 2 aliphatic rings. The van der Waals surface area contributed by atoms with E-state index in [2.05, 4.69) is 10.3 Å². The Morgan fingerprint density at radius 1 is 1.14 bits per heavy atom. The standard InChI is InChI=1S/C26H28F3N5O2/c1-31-25(36)22-16-34(20-3-2-19(14-30)23(13-20)26(27,28)29)15-21(22)18-6-10-33(11-7-18)24(35)12-17-4-8-32-9-5-17/h2-5,8-9,13,18,21-22H,6-7,10-12,15-16H2,1H3,(H,31,36)/t21-,22+/m0/s1. The molecule has 0 bridgehead atoms. The fourth-order valence-corrected chi connectivity index (χ4v) is 5.41. The lowest BCUT2D eigenvalue weighted by Gasteiger charge is -2.36. The van der Waals surface area contributed by atoms with Crippen molar-refractivity contribution in [3.63, 3.8) is 0 Å². The average Bonchev–Trinajstić information content (AvgIpc) is 3.33. The van der Waals surface area contributed by atoms with Gasteiger partial charge in [-0.05, 0) is 60.6 Å². The van der Waals surface area contributed by atoms with Crippen LogP contribution in [0.5, 0.6) is 0 Å². The van der Waals surface area contributed by atoms with E-state index in [-0.39, 0.29) is 29.6 Å². The number of hydrogen-bond donors (Lipinski definition) is 1. The van der Waals surface area contributed by atoms with Crippen LogP contribution in [0.3, 0.4) is 0 Å². The summed E-state index contributed by atoms with van der Waals surface area (Å²) in [5.74, 6) is -0.338. The van der Waals surface area contributed by atoms with Crippen molar-refractivity contribution >= 4 is 17.5 Å². The second-order valence-corrected chi connectivity index (χ2v) is 9.38. The summed E-state index contributed by atoms with van der Waals surface area (Å²) in [7, 11) is 1.56. The van der Waals surface area contributed by atoms with Gasteiger partial charge in [-0.3, -0.25) is 14.6 Å². The van der Waals surface area contributed by atoms with Gasteiger partial charge in [0.2, 0.25) is 11.8 Å². The van der Waals surface area contributed by atoms with E-state index in [0.717, 1.165) is 24.5 Å². The Balaban J connectivity index is 1.46. The summed E-state index contributed by atoms with van der Waals surface area (Å²) in [6.45, 7) is 1.91. The number of rotatable bonds is 5. The van der Waals surface area contributed by atoms with E-state index in [1.807, 2.05) is 21.9 Å². The van der Waals surface area contributed by atoms with Crippen molar-refractivity contribution in [1.82, 2.24) is 15.2 Å². The first-order valence-electron chi connectivity index (χ1n) is 12.0. The summed E-state index contributed by atoms with van der Waals surface area (Å²) < 4.78 is 40.5. The lowest BCUT2D eigenvalue weighted by atomic mass is 9.78. The van der Waals surface area contributed by atoms with Gasteiger partial charge < -0.3 is 15.1 Å². The van der Waals surface area contributed by atoms with Crippen LogP contribution in [0, 0.1) is 29.1 Å². The summed E-state index contributed by atoms with van der Waals surface area (Å²) in [4.78, 5) is 33.1. The number of nitrogens with zero attached hydrogens (tertiary/aromatic N) is 4. The lowest BCUT2D eigenvalue weighted by molar-refractivity contribution is -0.137. The van der Waals surface area contributed by atoms with Crippen LogP contribution < -0.4 is 10.2 Å². The normalized spacial score (nSPS) is 20.8. The van der Waals surface area contributed by atoms with Crippen molar-refractivity contribution in [3.8, 4) is 6.07 Å². The maximum atomic E-state index is 13.5. The van der Waals surface area contributed by atoms with Crippen LogP contribution in [0.2, 0.25) is 0 Å². The van der Waals surface area contributed by atoms with Crippen LogP contribution in [-0.4, -0.2) is 54.9 Å². The highest BCUT2D eigenvalue weighted by atomic mass is 19.4. The number of carbonyl (C=O) groups is 2. The average molecular weight is 500 g/mol. The van der Waals surface area contributed by atoms with Crippen LogP contribution in [0.25, 0.3) is 0 Å². The maximum Gasteiger partial charge on any atom is 0.417 e. The number of likely N-dealkylation sites (tertiary alicyclic amines) is 1. The fourth-order valence-electron chi connectivity index (χ4n) is 5.41. The van der Waals surface area contributed by atoms with Crippen molar-refractivity contribution in [2.75, 3.05) is 38.1 Å². The number of pyridine rings is 1. The third-order valence-corrected chi connectivity index (χ3v) is 7.34. The van der Waals surface area contributed by atoms with E-state index in [1.54, 1.807) is 25.5 Å². The number of hydrogen-bond acceptors (Lipinski definition) is 5. The number of carbonyl (C=O) groups excluding carboxylic acids is 2. The van der Waals surface area contributed by atoms with E-state index >= 15 is 0 Å². The second kappa shape index (κ2) is 10.6. The van der Waals surface area contributed by atoms with Crippen molar-refractivity contribution < 1.29 is 22.8 Å². The smallest absolute Gasteiger partial charge is 0.370 e. The molecule has 0 spiro atoms. The topological polar surface area (TPSA) is 89.3 Å². The first-order chi connectivity index (χ1) is 17.2. The molecule has 1 aromatic heterocycles. The number of amides is 2. The highest BCUT2D eigenvalue weighted by molar-refractivity contribution is 5.80. The van der Waals surface area contributed by atoms with Gasteiger partial charge in [0.15, 0.2) is 0 Å². The van der Waals surface area contributed by atoms with Crippen molar-refractivity contribution in [2.24, 2.45) is 17.8 Å². The van der Waals surface area contributed by atoms with E-state index in [4.69, 9.17) is 5.26 Å². The summed E-state index contributed by atoms with van der Waals surface area (Å²) in [6.07, 6.45) is 0.447. The minimum Gasteiger partial charge on any atom is -0.370 e. The zero-order valence-electron chi connectivity index (χ0n) is 20.0. The summed E-state index contributed by atoms with van der Waals surface area (Å²) in [5, 5.41) is 11.8. The van der Waals surface area contributed by atoms with Gasteiger partial charge in [-0.1, -0.05) is 0 Å². The van der Waals surface area contributed by atoms with Crippen molar-refractivity contribution in [3.05, 3.63) is 59.4 Å². The van der Waals surface area contributed by atoms with Crippen LogP contribution in [0.4, 0.5) is 18.9 Å². The quantitative estimate of drug-likeness (QED) is 0.682. The molecule has 2 aliphatic heterocycles. The SMILES string of the molecule is CNC(=O)[C@@H]1CN(c2ccc(C#N)c(C(F)(F)F)c2)C[C@H]1C1CCN(C(=O)Cc2ccncc2)CC1. The molecule has 0 saturated carbocycles. The molecule has 190 valence electrons. The molecular weight excluding hydrogens is 471 g/mol. The van der Waals surface area contributed by atoms with E-state index in [9.17, 15) is 22.8 Å². The largest absolute Gasteiger partial charge is 0.417 e. The molecule has 7 nitrogen and oxygen atoms in total. The van der Waals surface area contributed by atoms with Gasteiger partial charge >= 0.3 is 6.18 Å². The Morgan fingerprint density at radius 2 is 1.83 bits per heavy atom. The van der Waals surface area contributed by atoms with E-state index < -0.39 is 17.3 Å². The van der Waals surface area contributed by atoms with Gasteiger partial charge in [-0.2, -0.15) is 18.4 Å². The number of halogens is 3. The minimum atomic E-state index is -4.64. The van der Waals surface area contributed by atoms with Crippen molar-refractivity contribution in [2.45, 2.75) is 25.4 Å². The van der Waals surface area contributed by atoms with Crippen LogP contribution in [0.1, 0.15) is 29.5 Å². The molecule has 2 fully saturated rings. The van der Waals surface area contributed by atoms with Crippen LogP contribution in [0.15, 0.2) is 42.7 Å². The monoisotopic (exact) mass is 499 g/mol. The number of aromatic nitrogens is 1. The van der Waals surface area contributed by atoms with Gasteiger partial charge in [0.05, 0.1) is 29.5 Å². The van der Waals surface area contributed by atoms with E-state index in [1.165, 1.54) is 12.1 Å². The number of benzene rings is 1. The highest BCUT2D eigenvalue weighted by Crippen LogP contribution is 2.40. The molecule has 0 aliphatic carbocycles. The maximum absolute atomic E-state index is 13.5. The van der Waals surface area contributed by atoms with E-state index in [0.29, 0.717) is 38.3 Å². The molecule has 0 radical (unpaired) electrons. The lowest BCUT2D eigenvalue weighted by Crippen LogP contribution is -2.43. The number of anilines is 1. The third kappa shape index (κ3) is 5.45. The molecule has 2 atom stereocenters. The molecule has 36 heavy (non-hydrogen) atoms. The second-order valence-electron chi connectivity index (χ2n) is 9.38. The summed E-state index contributed by atoms with van der Waals surface area (Å²) >= 11 is 0. The first-order valence-corrected chi connectivity index (χ1v) is 12.0. The molecule has 4 rings (SSSR count). The zero-order chi connectivity index (χ0) is 25.9. The molecular formula is C26H28F3N5O2. The fraction of sp³-hybridized carbons (Fsp3) is 0.462. The third-order valence-electron chi connectivity index (χ3n) is 7.34. The summed E-state index contributed by atoms with van der Waals surface area (Å²) in [6, 6.07) is 8.95. The molecule has 1 aromatic carbocycles. The molecule has 3 heterocycles. The Kier molecular flexibility index (Phi) is 7.48. The predicted molar refractivity (Wildman–Crippen MR) is 127 cm³/mol. The first kappa shape index (κ1) is 25.5. The Bertz CT molecular complexity index is 1140. The Morgan fingerprint density at radius 3 is 2.44 bits per heavy atom. The molecule has 2 saturated heterocycles. The molecule has 0 unspecified atom stereocenters. The number of alkyl halides is 3. The number of nitriles is 1. The minimum absolute atomic E-state index is 0.0487. The van der Waals surface area contributed by atoms with Gasteiger partial charge in [-0.15, -0.1) is 0 Å². The van der Waals surface area contributed by atoms with Gasteiger partial charge in [0, 0.05) is 51.3 Å². The molecule has 1 N–H and O–H groups in total. The Hall–Kier alpha value is -3.61.